The zero-order valence-electron chi connectivity index (χ0n) is 20.9. The second kappa shape index (κ2) is 12.1. The number of rotatable bonds is 10. The molecule has 0 aliphatic heterocycles. The van der Waals surface area contributed by atoms with Gasteiger partial charge >= 0.3 is 11.6 Å². The van der Waals surface area contributed by atoms with Crippen molar-refractivity contribution in [2.45, 2.75) is 53.6 Å². The van der Waals surface area contributed by atoms with Crippen LogP contribution >= 0.6 is 0 Å². The van der Waals surface area contributed by atoms with Gasteiger partial charge in [-0.1, -0.05) is 35.4 Å². The summed E-state index contributed by atoms with van der Waals surface area (Å²) in [4.78, 5) is 25.5. The Morgan fingerprint density at radius 1 is 1.00 bits per heavy atom. The van der Waals surface area contributed by atoms with E-state index in [0.717, 1.165) is 12.8 Å². The van der Waals surface area contributed by atoms with Crippen molar-refractivity contribution in [3.8, 4) is 17.2 Å². The van der Waals surface area contributed by atoms with E-state index in [9.17, 15) is 9.59 Å². The highest BCUT2D eigenvalue weighted by molar-refractivity contribution is 5.95. The molecular formula is C29H32O6. The number of hydrogen-bond donors (Lipinski definition) is 0. The molecule has 0 aliphatic rings. The molecule has 3 rings (SSSR count). The number of fused-ring (bicyclic) bond motifs is 1. The van der Waals surface area contributed by atoms with Crippen molar-refractivity contribution >= 4 is 16.9 Å². The lowest BCUT2D eigenvalue weighted by molar-refractivity contribution is 0.0726. The van der Waals surface area contributed by atoms with Gasteiger partial charge < -0.3 is 18.6 Å². The molecular weight excluding hydrogens is 444 g/mol. The number of hydrogen-bond acceptors (Lipinski definition) is 6. The molecule has 0 saturated heterocycles. The van der Waals surface area contributed by atoms with E-state index in [1.807, 2.05) is 6.08 Å². The van der Waals surface area contributed by atoms with Crippen LogP contribution in [0.25, 0.3) is 11.0 Å². The van der Waals surface area contributed by atoms with Crippen molar-refractivity contribution < 1.29 is 23.4 Å². The van der Waals surface area contributed by atoms with Crippen LogP contribution in [0.1, 0.15) is 57.8 Å². The van der Waals surface area contributed by atoms with Gasteiger partial charge in [0.05, 0.1) is 17.1 Å². The summed E-state index contributed by atoms with van der Waals surface area (Å²) in [6.07, 6.45) is 5.89. The molecule has 6 nitrogen and oxygen atoms in total. The fraction of sp³-hybridized carbons (Fsp3) is 0.310. The molecule has 3 aromatic rings. The monoisotopic (exact) mass is 476 g/mol. The number of esters is 1. The van der Waals surface area contributed by atoms with E-state index in [2.05, 4.69) is 26.8 Å². The van der Waals surface area contributed by atoms with Crippen molar-refractivity contribution in [2.24, 2.45) is 0 Å². The number of carbonyl (C=O) groups excluding carboxylic acids is 1. The SMILES string of the molecule is CC(C)=CCC/C(C)=C/COc1ccc2c(OC(=O)c3ccccc3)c(OC(C)C)c(=O)oc2c1. The summed E-state index contributed by atoms with van der Waals surface area (Å²) in [5.74, 6) is -0.173. The van der Waals surface area contributed by atoms with Crippen molar-refractivity contribution in [2.75, 3.05) is 6.61 Å². The van der Waals surface area contributed by atoms with Crippen molar-refractivity contribution in [1.29, 1.82) is 0 Å². The molecule has 0 N–H and O–H groups in total. The quantitative estimate of drug-likeness (QED) is 0.181. The molecule has 0 spiro atoms. The van der Waals surface area contributed by atoms with Crippen LogP contribution in [0.15, 0.2) is 81.0 Å². The first-order valence-corrected chi connectivity index (χ1v) is 11.7. The van der Waals surface area contributed by atoms with Gasteiger partial charge in [0.2, 0.25) is 5.75 Å². The summed E-state index contributed by atoms with van der Waals surface area (Å²) in [6, 6.07) is 13.6. The van der Waals surface area contributed by atoms with E-state index in [0.29, 0.717) is 23.3 Å². The van der Waals surface area contributed by atoms with Gasteiger partial charge in [0.15, 0.2) is 5.75 Å². The van der Waals surface area contributed by atoms with Gasteiger partial charge in [-0.05, 0) is 77.8 Å². The standard InChI is InChI=1S/C29H32O6/c1-19(2)10-9-11-21(5)16-17-32-23-14-15-24-25(18-23)34-29(31)27(33-20(3)4)26(24)35-28(30)22-12-7-6-8-13-22/h6-8,10,12-16,18,20H,9,11,17H2,1-5H3/b21-16+. The summed E-state index contributed by atoms with van der Waals surface area (Å²) in [5.41, 5.74) is 2.41. The predicted octanol–water partition coefficient (Wildman–Crippen LogP) is 6.87. The van der Waals surface area contributed by atoms with Gasteiger partial charge in [-0.15, -0.1) is 0 Å². The zero-order chi connectivity index (χ0) is 25.4. The van der Waals surface area contributed by atoms with Crippen LogP contribution < -0.4 is 19.8 Å². The van der Waals surface area contributed by atoms with E-state index in [1.54, 1.807) is 62.4 Å². The van der Waals surface area contributed by atoms with Gasteiger partial charge in [0.25, 0.3) is 0 Å². The van der Waals surface area contributed by atoms with Gasteiger partial charge in [0.1, 0.15) is 17.9 Å². The second-order valence-corrected chi connectivity index (χ2v) is 8.81. The molecule has 184 valence electrons. The molecule has 35 heavy (non-hydrogen) atoms. The third-order valence-corrected chi connectivity index (χ3v) is 5.12. The average Bonchev–Trinajstić information content (AvgIpc) is 2.81. The maximum Gasteiger partial charge on any atom is 0.383 e. The number of benzene rings is 2. The van der Waals surface area contributed by atoms with Crippen LogP contribution in [0.2, 0.25) is 0 Å². The normalized spacial score (nSPS) is 11.4. The molecule has 0 amide bonds. The second-order valence-electron chi connectivity index (χ2n) is 8.81. The smallest absolute Gasteiger partial charge is 0.383 e. The molecule has 0 atom stereocenters. The van der Waals surface area contributed by atoms with E-state index in [-0.39, 0.29) is 23.2 Å². The highest BCUT2D eigenvalue weighted by atomic mass is 16.6. The predicted molar refractivity (Wildman–Crippen MR) is 138 cm³/mol. The summed E-state index contributed by atoms with van der Waals surface area (Å²) >= 11 is 0. The van der Waals surface area contributed by atoms with E-state index in [4.69, 9.17) is 18.6 Å². The van der Waals surface area contributed by atoms with Crippen LogP contribution in [0.3, 0.4) is 0 Å². The fourth-order valence-electron chi connectivity index (χ4n) is 3.36. The molecule has 0 saturated carbocycles. The summed E-state index contributed by atoms with van der Waals surface area (Å²) in [5, 5.41) is 0.435. The molecule has 2 aromatic carbocycles. The molecule has 0 fully saturated rings. The Balaban J connectivity index is 1.87. The molecule has 0 bridgehead atoms. The lowest BCUT2D eigenvalue weighted by Gasteiger charge is -2.15. The first kappa shape index (κ1) is 25.8. The molecule has 1 aromatic heterocycles. The van der Waals surface area contributed by atoms with E-state index >= 15 is 0 Å². The Morgan fingerprint density at radius 2 is 1.74 bits per heavy atom. The number of ether oxygens (including phenoxy) is 3. The summed E-state index contributed by atoms with van der Waals surface area (Å²) in [6.45, 7) is 10.2. The minimum absolute atomic E-state index is 0.0281. The van der Waals surface area contributed by atoms with Crippen LogP contribution in [-0.2, 0) is 0 Å². The maximum absolute atomic E-state index is 12.7. The lowest BCUT2D eigenvalue weighted by atomic mass is 10.1. The highest BCUT2D eigenvalue weighted by Gasteiger charge is 2.22. The Labute approximate surface area is 205 Å². The Kier molecular flexibility index (Phi) is 8.90. The van der Waals surface area contributed by atoms with Crippen LogP contribution in [0.4, 0.5) is 0 Å². The molecule has 6 heteroatoms. The van der Waals surface area contributed by atoms with Gasteiger partial charge in [-0.25, -0.2) is 9.59 Å². The summed E-state index contributed by atoms with van der Waals surface area (Å²) in [7, 11) is 0. The highest BCUT2D eigenvalue weighted by Crippen LogP contribution is 2.35. The van der Waals surface area contributed by atoms with Gasteiger partial charge in [-0.2, -0.15) is 0 Å². The number of carbonyl (C=O) groups is 1. The van der Waals surface area contributed by atoms with E-state index < -0.39 is 11.6 Å². The third-order valence-electron chi connectivity index (χ3n) is 5.12. The minimum Gasteiger partial charge on any atom is -0.489 e. The first-order valence-electron chi connectivity index (χ1n) is 11.7. The van der Waals surface area contributed by atoms with Crippen LogP contribution in [0, 0.1) is 0 Å². The maximum atomic E-state index is 12.7. The Morgan fingerprint density at radius 3 is 2.43 bits per heavy atom. The third kappa shape index (κ3) is 7.34. The van der Waals surface area contributed by atoms with Gasteiger partial charge in [0, 0.05) is 6.07 Å². The summed E-state index contributed by atoms with van der Waals surface area (Å²) < 4.78 is 22.7. The largest absolute Gasteiger partial charge is 0.489 e. The lowest BCUT2D eigenvalue weighted by Crippen LogP contribution is -2.17. The van der Waals surface area contributed by atoms with E-state index in [1.165, 1.54) is 11.1 Å². The number of allylic oxidation sites excluding steroid dienone is 3. The van der Waals surface area contributed by atoms with Crippen molar-refractivity contribution in [3.05, 3.63) is 87.8 Å². The van der Waals surface area contributed by atoms with Gasteiger partial charge in [-0.3, -0.25) is 0 Å². The molecule has 1 heterocycles. The minimum atomic E-state index is -0.728. The Bertz CT molecular complexity index is 1280. The molecule has 0 radical (unpaired) electrons. The Hall–Kier alpha value is -3.80. The fourth-order valence-corrected chi connectivity index (χ4v) is 3.36. The van der Waals surface area contributed by atoms with Crippen molar-refractivity contribution in [1.82, 2.24) is 0 Å². The van der Waals surface area contributed by atoms with Crippen molar-refractivity contribution in [3.63, 3.8) is 0 Å². The zero-order valence-corrected chi connectivity index (χ0v) is 20.9. The molecule has 0 aliphatic carbocycles. The first-order chi connectivity index (χ1) is 16.7. The average molecular weight is 477 g/mol. The molecule has 0 unspecified atom stereocenters. The van der Waals surface area contributed by atoms with Crippen LogP contribution in [-0.4, -0.2) is 18.7 Å². The van der Waals surface area contributed by atoms with Crippen LogP contribution in [0.5, 0.6) is 17.2 Å². The topological polar surface area (TPSA) is 75.0 Å².